The highest BCUT2D eigenvalue weighted by atomic mass is 28.4. The summed E-state index contributed by atoms with van der Waals surface area (Å²) in [5, 5.41) is 12.7. The number of nitrogens with zero attached hydrogens (tertiary/aromatic N) is 1. The third-order valence-corrected chi connectivity index (χ3v) is 11.2. The number of hydrogen-bond donors (Lipinski definition) is 1. The molecule has 6 heteroatoms. The van der Waals surface area contributed by atoms with Gasteiger partial charge in [0.1, 0.15) is 5.60 Å². The Balaban J connectivity index is 1.98. The number of rotatable bonds is 5. The van der Waals surface area contributed by atoms with Crippen molar-refractivity contribution in [3.05, 3.63) is 60.7 Å². The van der Waals surface area contributed by atoms with E-state index in [1.165, 1.54) is 10.4 Å². The Morgan fingerprint density at radius 2 is 1.48 bits per heavy atom. The summed E-state index contributed by atoms with van der Waals surface area (Å²) in [5.74, 6) is 0. The van der Waals surface area contributed by atoms with Crippen LogP contribution in [0.4, 0.5) is 4.79 Å². The predicted molar refractivity (Wildman–Crippen MR) is 136 cm³/mol. The molecular weight excluding hydrogens is 430 g/mol. The zero-order chi connectivity index (χ0) is 24.3. The van der Waals surface area contributed by atoms with Crippen LogP contribution in [0, 0.1) is 0 Å². The first kappa shape index (κ1) is 25.5. The van der Waals surface area contributed by atoms with Crippen LogP contribution in [0.25, 0.3) is 0 Å². The molecule has 33 heavy (non-hydrogen) atoms. The maximum Gasteiger partial charge on any atom is 0.410 e. The summed E-state index contributed by atoms with van der Waals surface area (Å²) in [5.41, 5.74) is -0.573. The van der Waals surface area contributed by atoms with Gasteiger partial charge in [0.25, 0.3) is 8.32 Å². The molecule has 1 saturated heterocycles. The number of benzene rings is 2. The lowest BCUT2D eigenvalue weighted by Crippen LogP contribution is -2.67. The van der Waals surface area contributed by atoms with E-state index >= 15 is 0 Å². The maximum atomic E-state index is 13.0. The standard InChI is InChI=1S/C27H39NO4Si/c1-26(2,3)32-25(30)28-18-17-22(29)19-21(28)20-31-33(27(4,5)6,23-13-9-7-10-14-23)24-15-11-8-12-16-24/h7-16,21-22,29H,17-20H2,1-6H3/t21-,22-/m1/s1. The summed E-state index contributed by atoms with van der Waals surface area (Å²) in [6.07, 6.45) is 0.244. The smallest absolute Gasteiger partial charge is 0.410 e. The van der Waals surface area contributed by atoms with Gasteiger partial charge in [-0.05, 0) is 49.0 Å². The molecule has 2 atom stereocenters. The molecule has 0 radical (unpaired) electrons. The number of ether oxygens (including phenoxy) is 1. The number of aliphatic hydroxyl groups is 1. The highest BCUT2D eigenvalue weighted by Gasteiger charge is 2.51. The molecule has 0 aliphatic carbocycles. The van der Waals surface area contributed by atoms with Crippen LogP contribution in [0.2, 0.25) is 5.04 Å². The van der Waals surface area contributed by atoms with Crippen LogP contribution in [0.5, 0.6) is 0 Å². The Labute approximate surface area is 199 Å². The molecule has 2 aromatic rings. The Morgan fingerprint density at radius 3 is 1.94 bits per heavy atom. The van der Waals surface area contributed by atoms with E-state index < -0.39 is 20.0 Å². The first-order valence-corrected chi connectivity index (χ1v) is 13.8. The summed E-state index contributed by atoms with van der Waals surface area (Å²) in [4.78, 5) is 14.7. The topological polar surface area (TPSA) is 59.0 Å². The highest BCUT2D eigenvalue weighted by Crippen LogP contribution is 2.37. The summed E-state index contributed by atoms with van der Waals surface area (Å²) in [7, 11) is -2.73. The highest BCUT2D eigenvalue weighted by molar-refractivity contribution is 6.99. The second-order valence-corrected chi connectivity index (χ2v) is 15.3. The van der Waals surface area contributed by atoms with Crippen molar-refractivity contribution < 1.29 is 19.1 Å². The fraction of sp³-hybridized carbons (Fsp3) is 0.519. The molecule has 0 aromatic heterocycles. The van der Waals surface area contributed by atoms with Gasteiger partial charge in [0, 0.05) is 6.54 Å². The lowest BCUT2D eigenvalue weighted by molar-refractivity contribution is -0.0169. The van der Waals surface area contributed by atoms with Crippen LogP contribution >= 0.6 is 0 Å². The average molecular weight is 470 g/mol. The van der Waals surface area contributed by atoms with Gasteiger partial charge in [-0.15, -0.1) is 0 Å². The average Bonchev–Trinajstić information content (AvgIpc) is 2.73. The van der Waals surface area contributed by atoms with Crippen molar-refractivity contribution in [2.45, 2.75) is 77.2 Å². The number of carbonyl (C=O) groups excluding carboxylic acids is 1. The van der Waals surface area contributed by atoms with E-state index in [0.29, 0.717) is 26.0 Å². The van der Waals surface area contributed by atoms with E-state index in [2.05, 4.69) is 69.3 Å². The van der Waals surface area contributed by atoms with Crippen molar-refractivity contribution in [3.8, 4) is 0 Å². The molecule has 180 valence electrons. The van der Waals surface area contributed by atoms with Crippen molar-refractivity contribution in [2.75, 3.05) is 13.2 Å². The second kappa shape index (κ2) is 10.00. The van der Waals surface area contributed by atoms with Crippen molar-refractivity contribution in [2.24, 2.45) is 0 Å². The first-order valence-electron chi connectivity index (χ1n) is 11.9. The van der Waals surface area contributed by atoms with Crippen molar-refractivity contribution in [1.82, 2.24) is 4.90 Å². The van der Waals surface area contributed by atoms with Crippen molar-refractivity contribution in [3.63, 3.8) is 0 Å². The molecule has 2 aromatic carbocycles. The molecule has 1 heterocycles. The Hall–Kier alpha value is -2.15. The molecule has 3 rings (SSSR count). The largest absolute Gasteiger partial charge is 0.444 e. The Bertz CT molecular complexity index is 866. The minimum absolute atomic E-state index is 0.153. The molecule has 1 fully saturated rings. The van der Waals surface area contributed by atoms with Gasteiger partial charge in [-0.2, -0.15) is 0 Å². The number of carbonyl (C=O) groups is 1. The number of likely N-dealkylation sites (tertiary alicyclic amines) is 1. The van der Waals surface area contributed by atoms with Gasteiger partial charge in [-0.1, -0.05) is 81.4 Å². The predicted octanol–water partition coefficient (Wildman–Crippen LogP) is 4.32. The van der Waals surface area contributed by atoms with Crippen LogP contribution < -0.4 is 10.4 Å². The molecular formula is C27H39NO4Si. The van der Waals surface area contributed by atoms with Gasteiger partial charge >= 0.3 is 6.09 Å². The third kappa shape index (κ3) is 5.86. The van der Waals surface area contributed by atoms with Gasteiger partial charge in [0.05, 0.1) is 18.8 Å². The van der Waals surface area contributed by atoms with Crippen LogP contribution in [0.15, 0.2) is 60.7 Å². The molecule has 1 amide bonds. The molecule has 0 unspecified atom stereocenters. The van der Waals surface area contributed by atoms with Crippen molar-refractivity contribution in [1.29, 1.82) is 0 Å². The summed E-state index contributed by atoms with van der Waals surface area (Å²) < 4.78 is 12.7. The van der Waals surface area contributed by atoms with Crippen LogP contribution in [-0.2, 0) is 9.16 Å². The van der Waals surface area contributed by atoms with Gasteiger partial charge in [-0.3, -0.25) is 0 Å². The lowest BCUT2D eigenvalue weighted by Gasteiger charge is -2.45. The monoisotopic (exact) mass is 469 g/mol. The van der Waals surface area contributed by atoms with Crippen molar-refractivity contribution >= 4 is 24.8 Å². The van der Waals surface area contributed by atoms with Gasteiger partial charge in [-0.25, -0.2) is 4.79 Å². The quantitative estimate of drug-likeness (QED) is 0.663. The molecule has 0 bridgehead atoms. The maximum absolute atomic E-state index is 13.0. The van der Waals surface area contributed by atoms with Crippen LogP contribution in [-0.4, -0.2) is 55.3 Å². The fourth-order valence-corrected chi connectivity index (χ4v) is 9.33. The summed E-state index contributed by atoms with van der Waals surface area (Å²) >= 11 is 0. The number of piperidine rings is 1. The molecule has 5 nitrogen and oxygen atoms in total. The zero-order valence-corrected chi connectivity index (χ0v) is 21.9. The minimum Gasteiger partial charge on any atom is -0.444 e. The molecule has 0 saturated carbocycles. The SMILES string of the molecule is CC(C)(C)OC(=O)N1CC[C@@H](O)C[C@@H]1CO[Si](c1ccccc1)(c1ccccc1)C(C)(C)C. The Kier molecular flexibility index (Phi) is 7.71. The number of aliphatic hydroxyl groups excluding tert-OH is 1. The molecule has 1 aliphatic rings. The first-order chi connectivity index (χ1) is 15.4. The van der Waals surface area contributed by atoms with Crippen LogP contribution in [0.1, 0.15) is 54.4 Å². The van der Waals surface area contributed by atoms with E-state index in [9.17, 15) is 9.90 Å². The summed E-state index contributed by atoms with van der Waals surface area (Å²) in [6.45, 7) is 13.1. The lowest BCUT2D eigenvalue weighted by atomic mass is 10.0. The normalized spacial score (nSPS) is 19.9. The zero-order valence-electron chi connectivity index (χ0n) is 20.9. The van der Waals surface area contributed by atoms with E-state index in [-0.39, 0.29) is 17.2 Å². The van der Waals surface area contributed by atoms with Gasteiger partial charge in [0.2, 0.25) is 0 Å². The van der Waals surface area contributed by atoms with Crippen LogP contribution in [0.3, 0.4) is 0 Å². The summed E-state index contributed by atoms with van der Waals surface area (Å²) in [6, 6.07) is 20.7. The van der Waals surface area contributed by atoms with E-state index in [4.69, 9.17) is 9.16 Å². The number of hydrogen-bond acceptors (Lipinski definition) is 4. The van der Waals surface area contributed by atoms with E-state index in [1.807, 2.05) is 32.9 Å². The fourth-order valence-electron chi connectivity index (χ4n) is 4.73. The molecule has 1 N–H and O–H groups in total. The Morgan fingerprint density at radius 1 is 0.970 bits per heavy atom. The third-order valence-electron chi connectivity index (χ3n) is 6.23. The van der Waals surface area contributed by atoms with Gasteiger partial charge < -0.3 is 19.2 Å². The number of amides is 1. The molecule has 0 spiro atoms. The minimum atomic E-state index is -2.73. The molecule has 1 aliphatic heterocycles. The van der Waals surface area contributed by atoms with E-state index in [0.717, 1.165) is 0 Å². The second-order valence-electron chi connectivity index (χ2n) is 11.0. The van der Waals surface area contributed by atoms with E-state index in [1.54, 1.807) is 4.90 Å². The van der Waals surface area contributed by atoms with Gasteiger partial charge in [0.15, 0.2) is 0 Å².